The molecule has 0 aliphatic heterocycles. The lowest BCUT2D eigenvalue weighted by Crippen LogP contribution is -2.19. The zero-order valence-electron chi connectivity index (χ0n) is 9.17. The molecule has 1 aromatic rings. The third-order valence-corrected chi connectivity index (χ3v) is 4.38. The molecule has 0 amide bonds. The van der Waals surface area contributed by atoms with Crippen molar-refractivity contribution in [2.24, 2.45) is 5.14 Å². The molecule has 3 N–H and O–H groups in total. The molecular formula is C8H12N2O5S2. The van der Waals surface area contributed by atoms with E-state index in [0.29, 0.717) is 0 Å². The zero-order valence-corrected chi connectivity index (χ0v) is 10.8. The van der Waals surface area contributed by atoms with E-state index in [9.17, 15) is 16.8 Å². The van der Waals surface area contributed by atoms with Crippen LogP contribution in [-0.4, -0.2) is 31.0 Å². The van der Waals surface area contributed by atoms with E-state index in [1.807, 2.05) is 0 Å². The Morgan fingerprint density at radius 3 is 2.24 bits per heavy atom. The van der Waals surface area contributed by atoms with Crippen LogP contribution < -0.4 is 14.6 Å². The van der Waals surface area contributed by atoms with E-state index < -0.39 is 20.0 Å². The maximum atomic E-state index is 11.5. The van der Waals surface area contributed by atoms with Gasteiger partial charge in [-0.05, 0) is 19.2 Å². The van der Waals surface area contributed by atoms with Crippen molar-refractivity contribution < 1.29 is 21.6 Å². The number of primary sulfonamides is 1. The number of hydrogen-bond donors (Lipinski definition) is 2. The summed E-state index contributed by atoms with van der Waals surface area (Å²) in [5, 5.41) is 4.95. The highest BCUT2D eigenvalue weighted by atomic mass is 32.2. The van der Waals surface area contributed by atoms with Gasteiger partial charge in [0.25, 0.3) is 0 Å². The van der Waals surface area contributed by atoms with Crippen LogP contribution in [0.5, 0.6) is 5.75 Å². The number of benzene rings is 1. The van der Waals surface area contributed by atoms with Crippen molar-refractivity contribution in [2.45, 2.75) is 9.79 Å². The van der Waals surface area contributed by atoms with Crippen molar-refractivity contribution in [1.82, 2.24) is 4.72 Å². The van der Waals surface area contributed by atoms with Crippen LogP contribution in [0.25, 0.3) is 0 Å². The van der Waals surface area contributed by atoms with Crippen molar-refractivity contribution >= 4 is 20.0 Å². The van der Waals surface area contributed by atoms with Crippen LogP contribution >= 0.6 is 0 Å². The second-order valence-corrected chi connectivity index (χ2v) is 6.48. The molecule has 0 saturated carbocycles. The van der Waals surface area contributed by atoms with Gasteiger partial charge in [-0.15, -0.1) is 0 Å². The first-order chi connectivity index (χ1) is 7.72. The standard InChI is InChI=1S/C8H12N2O5S2/c1-10-17(13,14)6-3-4-8(16(9,11)12)7(5-6)15-2/h3-5,10H,1-2H3,(H2,9,11,12). The maximum Gasteiger partial charge on any atom is 0.241 e. The summed E-state index contributed by atoms with van der Waals surface area (Å²) in [5.74, 6) is -0.121. The molecule has 0 aliphatic carbocycles. The van der Waals surface area contributed by atoms with E-state index in [-0.39, 0.29) is 15.5 Å². The minimum atomic E-state index is -3.95. The Morgan fingerprint density at radius 1 is 1.24 bits per heavy atom. The zero-order chi connectivity index (χ0) is 13.3. The lowest BCUT2D eigenvalue weighted by Gasteiger charge is -2.09. The van der Waals surface area contributed by atoms with Gasteiger partial charge in [-0.2, -0.15) is 0 Å². The number of nitrogens with two attached hydrogens (primary N) is 1. The smallest absolute Gasteiger partial charge is 0.241 e. The minimum absolute atomic E-state index is 0.107. The van der Waals surface area contributed by atoms with Gasteiger partial charge in [0, 0.05) is 6.07 Å². The third kappa shape index (κ3) is 2.94. The Hall–Kier alpha value is -1.16. The van der Waals surface area contributed by atoms with Crippen molar-refractivity contribution in [2.75, 3.05) is 14.2 Å². The number of nitrogens with one attached hydrogen (secondary N) is 1. The summed E-state index contributed by atoms with van der Waals surface area (Å²) >= 11 is 0. The predicted octanol–water partition coefficient (Wildman–Crippen LogP) is -0.749. The molecule has 17 heavy (non-hydrogen) atoms. The Kier molecular flexibility index (Phi) is 3.77. The molecular weight excluding hydrogens is 268 g/mol. The van der Waals surface area contributed by atoms with E-state index >= 15 is 0 Å². The van der Waals surface area contributed by atoms with Crippen LogP contribution in [0.15, 0.2) is 28.0 Å². The van der Waals surface area contributed by atoms with E-state index in [0.717, 1.165) is 18.2 Å². The molecule has 96 valence electrons. The summed E-state index contributed by atoms with van der Waals surface area (Å²) in [6, 6.07) is 3.30. The highest BCUT2D eigenvalue weighted by Crippen LogP contribution is 2.25. The molecule has 0 saturated heterocycles. The van der Waals surface area contributed by atoms with E-state index in [4.69, 9.17) is 9.88 Å². The van der Waals surface area contributed by atoms with Gasteiger partial charge >= 0.3 is 0 Å². The van der Waals surface area contributed by atoms with Crippen LogP contribution in [0, 0.1) is 0 Å². The van der Waals surface area contributed by atoms with Crippen molar-refractivity contribution in [3.05, 3.63) is 18.2 Å². The monoisotopic (exact) mass is 280 g/mol. The number of rotatable bonds is 4. The highest BCUT2D eigenvalue weighted by molar-refractivity contribution is 7.89. The van der Waals surface area contributed by atoms with Gasteiger partial charge in [-0.25, -0.2) is 26.7 Å². The SMILES string of the molecule is CNS(=O)(=O)c1ccc(S(N)(=O)=O)c(OC)c1. The van der Waals surface area contributed by atoms with Crippen molar-refractivity contribution in [3.63, 3.8) is 0 Å². The van der Waals surface area contributed by atoms with Crippen LogP contribution in [0.4, 0.5) is 0 Å². The molecule has 1 rings (SSSR count). The molecule has 0 heterocycles. The van der Waals surface area contributed by atoms with Gasteiger partial charge in [-0.3, -0.25) is 0 Å². The van der Waals surface area contributed by atoms with Crippen LogP contribution in [-0.2, 0) is 20.0 Å². The second-order valence-electron chi connectivity index (χ2n) is 3.07. The average Bonchev–Trinajstić information content (AvgIpc) is 2.27. The molecule has 0 aliphatic rings. The van der Waals surface area contributed by atoms with Gasteiger partial charge in [0.2, 0.25) is 20.0 Å². The average molecular weight is 280 g/mol. The Morgan fingerprint density at radius 2 is 1.82 bits per heavy atom. The summed E-state index contributed by atoms with van der Waals surface area (Å²) in [5.41, 5.74) is 0. The molecule has 1 aromatic carbocycles. The summed E-state index contributed by atoms with van der Waals surface area (Å²) in [7, 11) is -5.15. The second kappa shape index (κ2) is 4.61. The first-order valence-electron chi connectivity index (χ1n) is 4.37. The van der Waals surface area contributed by atoms with Crippen molar-refractivity contribution in [3.8, 4) is 5.75 Å². The Labute approximate surface area is 99.7 Å². The lowest BCUT2D eigenvalue weighted by molar-refractivity contribution is 0.401. The van der Waals surface area contributed by atoms with Crippen LogP contribution in [0.1, 0.15) is 0 Å². The molecule has 7 nitrogen and oxygen atoms in total. The number of hydrogen-bond acceptors (Lipinski definition) is 5. The predicted molar refractivity (Wildman–Crippen MR) is 60.6 cm³/mol. The normalized spacial score (nSPS) is 12.4. The first kappa shape index (κ1) is 13.9. The number of ether oxygens (including phenoxy) is 1. The molecule has 0 bridgehead atoms. The summed E-state index contributed by atoms with van der Waals surface area (Å²) in [4.78, 5) is -0.376. The number of sulfonamides is 2. The van der Waals surface area contributed by atoms with Crippen LogP contribution in [0.3, 0.4) is 0 Å². The van der Waals surface area contributed by atoms with Gasteiger partial charge in [-0.1, -0.05) is 0 Å². The minimum Gasteiger partial charge on any atom is -0.495 e. The maximum absolute atomic E-state index is 11.5. The van der Waals surface area contributed by atoms with Crippen molar-refractivity contribution in [1.29, 1.82) is 0 Å². The lowest BCUT2D eigenvalue weighted by atomic mass is 10.3. The molecule has 0 unspecified atom stereocenters. The van der Waals surface area contributed by atoms with Gasteiger partial charge < -0.3 is 4.74 Å². The summed E-state index contributed by atoms with van der Waals surface area (Å²) in [6.45, 7) is 0. The molecule has 0 atom stereocenters. The largest absolute Gasteiger partial charge is 0.495 e. The third-order valence-electron chi connectivity index (χ3n) is 2.02. The molecule has 0 radical (unpaired) electrons. The summed E-state index contributed by atoms with van der Waals surface area (Å²) in [6.07, 6.45) is 0. The molecule has 0 fully saturated rings. The van der Waals surface area contributed by atoms with Gasteiger partial charge in [0.15, 0.2) is 0 Å². The van der Waals surface area contributed by atoms with E-state index in [1.165, 1.54) is 14.2 Å². The molecule has 0 aromatic heterocycles. The fourth-order valence-electron chi connectivity index (χ4n) is 1.17. The fourth-order valence-corrected chi connectivity index (χ4v) is 2.59. The van der Waals surface area contributed by atoms with Gasteiger partial charge in [0.05, 0.1) is 12.0 Å². The van der Waals surface area contributed by atoms with E-state index in [1.54, 1.807) is 0 Å². The summed E-state index contributed by atoms with van der Waals surface area (Å²) < 4.78 is 52.2. The highest BCUT2D eigenvalue weighted by Gasteiger charge is 2.19. The quantitative estimate of drug-likeness (QED) is 0.753. The Balaban J connectivity index is 3.48. The van der Waals surface area contributed by atoms with Gasteiger partial charge in [0.1, 0.15) is 10.6 Å². The topological polar surface area (TPSA) is 116 Å². The number of methoxy groups -OCH3 is 1. The first-order valence-corrected chi connectivity index (χ1v) is 7.39. The van der Waals surface area contributed by atoms with E-state index in [2.05, 4.69) is 4.72 Å². The fraction of sp³-hybridized carbons (Fsp3) is 0.250. The molecule has 9 heteroatoms. The Bertz CT molecular complexity index is 621. The van der Waals surface area contributed by atoms with Crippen LogP contribution in [0.2, 0.25) is 0 Å². The molecule has 0 spiro atoms.